The minimum absolute atomic E-state index is 0.0205. The van der Waals surface area contributed by atoms with E-state index in [0.29, 0.717) is 23.6 Å². The Morgan fingerprint density at radius 1 is 0.976 bits per heavy atom. The van der Waals surface area contributed by atoms with E-state index in [1.807, 2.05) is 6.92 Å². The van der Waals surface area contributed by atoms with Crippen LogP contribution in [0.25, 0.3) is 5.57 Å². The molecule has 0 radical (unpaired) electrons. The van der Waals surface area contributed by atoms with Crippen molar-refractivity contribution in [2.24, 2.45) is 0 Å². The van der Waals surface area contributed by atoms with E-state index in [-0.39, 0.29) is 30.1 Å². The average molecular weight is 624 g/mol. The van der Waals surface area contributed by atoms with Gasteiger partial charge in [0.25, 0.3) is 0 Å². The van der Waals surface area contributed by atoms with Gasteiger partial charge in [-0.05, 0) is 73.0 Å². The molecule has 1 unspecified atom stereocenters. The second kappa shape index (κ2) is 11.9. The predicted octanol–water partition coefficient (Wildman–Crippen LogP) is 6.48. The maximum absolute atomic E-state index is 13.4. The van der Waals surface area contributed by atoms with Crippen LogP contribution in [0.1, 0.15) is 84.3 Å². The molecule has 2 amide bonds. The number of ether oxygens (including phenoxy) is 2. The Balaban J connectivity index is 1.98. The highest BCUT2D eigenvalue weighted by Gasteiger charge is 2.50. The molecule has 2 atom stereocenters. The fourth-order valence-corrected chi connectivity index (χ4v) is 7.01. The number of piperazine rings is 1. The van der Waals surface area contributed by atoms with E-state index in [4.69, 9.17) is 18.9 Å². The average Bonchev–Trinajstić information content (AvgIpc) is 3.14. The van der Waals surface area contributed by atoms with Crippen molar-refractivity contribution in [1.82, 2.24) is 14.8 Å². The Hall–Kier alpha value is -2.44. The van der Waals surface area contributed by atoms with Crippen molar-refractivity contribution in [2.45, 2.75) is 123 Å². The molecule has 1 N–H and O–H groups in total. The van der Waals surface area contributed by atoms with Crippen LogP contribution in [-0.2, 0) is 25.1 Å². The molecule has 1 fully saturated rings. The number of carboxylic acids is 1. The number of aliphatic carboxylic acids is 1. The van der Waals surface area contributed by atoms with Crippen LogP contribution in [0.2, 0.25) is 18.1 Å². The molecular weight excluding hydrogens is 574 g/mol. The van der Waals surface area contributed by atoms with Gasteiger partial charge in [0.1, 0.15) is 16.2 Å². The summed E-state index contributed by atoms with van der Waals surface area (Å²) in [4.78, 5) is 48.1. The van der Waals surface area contributed by atoms with Crippen LogP contribution in [0.15, 0.2) is 5.57 Å². The Labute approximate surface area is 255 Å². The molecule has 0 spiro atoms. The highest BCUT2D eigenvalue weighted by Crippen LogP contribution is 2.42. The number of nitrogens with zero attached hydrogens (tertiary/aromatic N) is 3. The SMILES string of the molecule is Cc1nc(C2=C(C(=O)O)[C@H]3CN(C(=O)OC(C)(C)C)CC(C2)N3C(=O)OC(C)(C)C)sc1CCO[Si](C)(C)C(C)(C)C. The van der Waals surface area contributed by atoms with Crippen LogP contribution >= 0.6 is 11.3 Å². The Kier molecular flexibility index (Phi) is 9.66. The number of rotatable bonds is 6. The molecule has 1 saturated heterocycles. The van der Waals surface area contributed by atoms with Crippen LogP contribution in [0.3, 0.4) is 0 Å². The summed E-state index contributed by atoms with van der Waals surface area (Å²) in [7, 11) is -1.90. The quantitative estimate of drug-likeness (QED) is 0.358. The van der Waals surface area contributed by atoms with Crippen LogP contribution in [0.4, 0.5) is 9.59 Å². The Morgan fingerprint density at radius 3 is 2.07 bits per heavy atom. The monoisotopic (exact) mass is 623 g/mol. The van der Waals surface area contributed by atoms with E-state index in [0.717, 1.165) is 10.6 Å². The molecule has 3 heterocycles. The summed E-state index contributed by atoms with van der Waals surface area (Å²) in [6.45, 7) is 24.4. The molecule has 0 saturated carbocycles. The number of amides is 2. The van der Waals surface area contributed by atoms with Gasteiger partial charge in [-0.1, -0.05) is 20.8 Å². The predicted molar refractivity (Wildman–Crippen MR) is 166 cm³/mol. The van der Waals surface area contributed by atoms with Crippen molar-refractivity contribution in [1.29, 1.82) is 0 Å². The lowest BCUT2D eigenvalue weighted by Gasteiger charge is -2.49. The molecule has 42 heavy (non-hydrogen) atoms. The number of aryl methyl sites for hydroxylation is 1. The number of carboxylic acid groups (broad SMARTS) is 1. The molecule has 2 bridgehead atoms. The molecule has 3 rings (SSSR count). The van der Waals surface area contributed by atoms with Crippen molar-refractivity contribution >= 4 is 43.4 Å². The standard InChI is InChI=1S/C30H49N3O7SSi/c1-18-22(13-14-38-42(11,12)30(8,9)10)41-24(31-18)20-15-19-16-32(26(36)39-28(2,3)4)17-21(23(20)25(34)35)33(19)27(37)40-29(5,6)7/h19,21H,13-17H2,1-12H3,(H,34,35)/t19?,21-/m1/s1. The second-order valence-corrected chi connectivity index (χ2v) is 20.6. The Bertz CT molecular complexity index is 1240. The fraction of sp³-hybridized carbons (Fsp3) is 0.733. The van der Waals surface area contributed by atoms with Crippen molar-refractivity contribution in [3.8, 4) is 0 Å². The first-order chi connectivity index (χ1) is 19.0. The summed E-state index contributed by atoms with van der Waals surface area (Å²) in [6, 6.07) is -1.42. The lowest BCUT2D eigenvalue weighted by atomic mass is 9.85. The molecule has 236 valence electrons. The molecular formula is C30H49N3O7SSi. The van der Waals surface area contributed by atoms with Gasteiger partial charge in [-0.3, -0.25) is 4.90 Å². The first kappa shape index (κ1) is 34.1. The molecule has 2 aliphatic heterocycles. The van der Waals surface area contributed by atoms with Gasteiger partial charge in [-0.2, -0.15) is 0 Å². The van der Waals surface area contributed by atoms with Gasteiger partial charge in [-0.15, -0.1) is 11.3 Å². The van der Waals surface area contributed by atoms with Crippen molar-refractivity contribution in [3.63, 3.8) is 0 Å². The van der Waals surface area contributed by atoms with Gasteiger partial charge in [0, 0.05) is 36.6 Å². The number of aromatic nitrogens is 1. The minimum atomic E-state index is -1.90. The topological polar surface area (TPSA) is 118 Å². The van der Waals surface area contributed by atoms with E-state index >= 15 is 0 Å². The van der Waals surface area contributed by atoms with Gasteiger partial charge < -0.3 is 23.9 Å². The zero-order chi connectivity index (χ0) is 32.0. The number of carbonyl (C=O) groups is 3. The summed E-state index contributed by atoms with van der Waals surface area (Å²) >= 11 is 1.48. The number of thiazole rings is 1. The second-order valence-electron chi connectivity index (χ2n) is 14.7. The maximum Gasteiger partial charge on any atom is 0.411 e. The summed E-state index contributed by atoms with van der Waals surface area (Å²) in [5, 5.41) is 11.2. The highest BCUT2D eigenvalue weighted by molar-refractivity contribution is 7.12. The summed E-state index contributed by atoms with van der Waals surface area (Å²) in [5.74, 6) is -1.15. The molecule has 1 aromatic rings. The zero-order valence-corrected chi connectivity index (χ0v) is 29.2. The zero-order valence-electron chi connectivity index (χ0n) is 27.3. The first-order valence-corrected chi connectivity index (χ1v) is 18.3. The van der Waals surface area contributed by atoms with E-state index in [1.54, 1.807) is 41.5 Å². The van der Waals surface area contributed by atoms with E-state index in [1.165, 1.54) is 21.1 Å². The molecule has 2 aliphatic rings. The largest absolute Gasteiger partial charge is 0.478 e. The lowest BCUT2D eigenvalue weighted by Crippen LogP contribution is -2.65. The fourth-order valence-electron chi connectivity index (χ4n) is 4.85. The van der Waals surface area contributed by atoms with Gasteiger partial charge in [0.05, 0.1) is 23.4 Å². The summed E-state index contributed by atoms with van der Waals surface area (Å²) < 4.78 is 17.7. The van der Waals surface area contributed by atoms with Crippen molar-refractivity contribution in [2.75, 3.05) is 19.7 Å². The number of carbonyl (C=O) groups excluding carboxylic acids is 2. The molecule has 0 aromatic carbocycles. The smallest absolute Gasteiger partial charge is 0.411 e. The normalized spacial score (nSPS) is 20.1. The van der Waals surface area contributed by atoms with Gasteiger partial charge in [-0.25, -0.2) is 19.4 Å². The van der Waals surface area contributed by atoms with Gasteiger partial charge in [0.15, 0.2) is 8.32 Å². The third-order valence-electron chi connectivity index (χ3n) is 7.89. The van der Waals surface area contributed by atoms with Crippen LogP contribution in [-0.4, -0.2) is 89.3 Å². The Morgan fingerprint density at radius 2 is 1.55 bits per heavy atom. The van der Waals surface area contributed by atoms with Crippen LogP contribution in [0, 0.1) is 6.92 Å². The summed E-state index contributed by atoms with van der Waals surface area (Å²) in [6.07, 6.45) is -0.222. The van der Waals surface area contributed by atoms with Gasteiger partial charge >= 0.3 is 18.2 Å². The van der Waals surface area contributed by atoms with E-state index in [9.17, 15) is 19.5 Å². The van der Waals surface area contributed by atoms with Crippen molar-refractivity contribution < 1.29 is 33.4 Å². The van der Waals surface area contributed by atoms with Gasteiger partial charge in [0.2, 0.25) is 0 Å². The molecule has 12 heteroatoms. The third kappa shape index (κ3) is 7.93. The third-order valence-corrected chi connectivity index (χ3v) is 13.7. The van der Waals surface area contributed by atoms with E-state index < -0.39 is 49.8 Å². The van der Waals surface area contributed by atoms with Crippen molar-refractivity contribution in [3.05, 3.63) is 21.2 Å². The van der Waals surface area contributed by atoms with Crippen LogP contribution in [0.5, 0.6) is 0 Å². The van der Waals surface area contributed by atoms with Crippen LogP contribution < -0.4 is 0 Å². The number of fused-ring (bicyclic) bond motifs is 2. The summed E-state index contributed by atoms with van der Waals surface area (Å²) in [5.41, 5.74) is 0.0289. The lowest BCUT2D eigenvalue weighted by molar-refractivity contribution is -0.134. The number of hydrogen-bond acceptors (Lipinski definition) is 8. The first-order valence-electron chi connectivity index (χ1n) is 14.6. The number of hydrogen-bond donors (Lipinski definition) is 1. The highest BCUT2D eigenvalue weighted by atomic mass is 32.1. The minimum Gasteiger partial charge on any atom is -0.478 e. The molecule has 10 nitrogen and oxygen atoms in total. The maximum atomic E-state index is 13.4. The van der Waals surface area contributed by atoms with E-state index in [2.05, 4.69) is 33.9 Å². The molecule has 0 aliphatic carbocycles. The molecule has 1 aromatic heterocycles.